The molecule has 3 N–H and O–H groups in total. The number of rotatable bonds is 5. The van der Waals surface area contributed by atoms with E-state index >= 15 is 0 Å². The van der Waals surface area contributed by atoms with Crippen molar-refractivity contribution in [1.82, 2.24) is 19.7 Å². The number of aromatic nitrogens is 4. The van der Waals surface area contributed by atoms with Crippen LogP contribution in [-0.2, 0) is 7.05 Å². The molecule has 0 amide bonds. The molecule has 0 aliphatic heterocycles. The predicted molar refractivity (Wildman–Crippen MR) is 115 cm³/mol. The minimum Gasteiger partial charge on any atom is -0.493 e. The first kappa shape index (κ1) is 18.8. The summed E-state index contributed by atoms with van der Waals surface area (Å²) in [5, 5.41) is 10.3. The fourth-order valence-corrected chi connectivity index (χ4v) is 3.27. The maximum atomic E-state index is 12.6. The molecule has 4 aromatic rings. The summed E-state index contributed by atoms with van der Waals surface area (Å²) in [6, 6.07) is 10.9. The van der Waals surface area contributed by atoms with Gasteiger partial charge >= 0.3 is 0 Å². The molecule has 0 atom stereocenters. The van der Waals surface area contributed by atoms with Gasteiger partial charge in [-0.05, 0) is 30.7 Å². The minimum absolute atomic E-state index is 0.198. The van der Waals surface area contributed by atoms with Crippen molar-refractivity contribution in [2.24, 2.45) is 7.05 Å². The zero-order valence-corrected chi connectivity index (χ0v) is 16.8. The van der Waals surface area contributed by atoms with Gasteiger partial charge in [-0.15, -0.1) is 0 Å². The van der Waals surface area contributed by atoms with Crippen molar-refractivity contribution >= 4 is 45.6 Å². The van der Waals surface area contributed by atoms with E-state index in [4.69, 9.17) is 16.3 Å². The molecule has 0 saturated heterocycles. The number of halogens is 1. The summed E-state index contributed by atoms with van der Waals surface area (Å²) in [6.07, 6.45) is 1.77. The number of hydrogen-bond donors (Lipinski definition) is 3. The number of anilines is 4. The number of nitrogens with zero attached hydrogens (tertiary/aromatic N) is 3. The highest BCUT2D eigenvalue weighted by molar-refractivity contribution is 6.32. The third-order valence-electron chi connectivity index (χ3n) is 4.42. The van der Waals surface area contributed by atoms with Crippen molar-refractivity contribution in [3.63, 3.8) is 0 Å². The summed E-state index contributed by atoms with van der Waals surface area (Å²) in [4.78, 5) is 21.5. The highest BCUT2D eigenvalue weighted by Crippen LogP contribution is 2.36. The molecule has 3 heterocycles. The van der Waals surface area contributed by atoms with Gasteiger partial charge in [0.05, 0.1) is 23.5 Å². The Bertz CT molecular complexity index is 1250. The Hall–Kier alpha value is -3.52. The molecule has 4 rings (SSSR count). The Morgan fingerprint density at radius 2 is 1.97 bits per heavy atom. The lowest BCUT2D eigenvalue weighted by atomic mass is 10.2. The van der Waals surface area contributed by atoms with Crippen molar-refractivity contribution in [3.8, 4) is 5.75 Å². The average molecular weight is 411 g/mol. The molecule has 0 aliphatic rings. The lowest BCUT2D eigenvalue weighted by molar-refractivity contribution is 0.417. The number of ether oxygens (including phenoxy) is 1. The Morgan fingerprint density at radius 3 is 2.69 bits per heavy atom. The summed E-state index contributed by atoms with van der Waals surface area (Å²) in [5.41, 5.74) is 2.50. The normalized spacial score (nSPS) is 10.9. The van der Waals surface area contributed by atoms with Crippen molar-refractivity contribution in [1.29, 1.82) is 0 Å². The van der Waals surface area contributed by atoms with Crippen molar-refractivity contribution in [3.05, 3.63) is 63.5 Å². The molecule has 8 nitrogen and oxygen atoms in total. The number of para-hydroxylation sites is 1. The molecular formula is C20H19ClN6O2. The number of H-pyrrole nitrogens is 1. The monoisotopic (exact) mass is 410 g/mol. The molecule has 0 spiro atoms. The van der Waals surface area contributed by atoms with E-state index in [2.05, 4.69) is 25.7 Å². The van der Waals surface area contributed by atoms with Gasteiger partial charge in [0.1, 0.15) is 17.0 Å². The van der Waals surface area contributed by atoms with Gasteiger partial charge in [-0.1, -0.05) is 23.7 Å². The average Bonchev–Trinajstić information content (AvgIpc) is 2.98. The van der Waals surface area contributed by atoms with Gasteiger partial charge in [-0.2, -0.15) is 0 Å². The number of benzene rings is 1. The van der Waals surface area contributed by atoms with Gasteiger partial charge in [0.2, 0.25) is 0 Å². The van der Waals surface area contributed by atoms with Crippen LogP contribution in [0.3, 0.4) is 0 Å². The third kappa shape index (κ3) is 3.62. The second kappa shape index (κ2) is 7.48. The van der Waals surface area contributed by atoms with E-state index < -0.39 is 0 Å². The van der Waals surface area contributed by atoms with E-state index in [0.29, 0.717) is 44.8 Å². The quantitative estimate of drug-likeness (QED) is 0.458. The molecule has 0 radical (unpaired) electrons. The van der Waals surface area contributed by atoms with Crippen LogP contribution in [0.1, 0.15) is 5.56 Å². The topological polar surface area (TPSA) is 96.9 Å². The Morgan fingerprint density at radius 1 is 1.14 bits per heavy atom. The summed E-state index contributed by atoms with van der Waals surface area (Å²) < 4.78 is 6.79. The molecule has 1 aromatic carbocycles. The van der Waals surface area contributed by atoms with E-state index in [9.17, 15) is 4.79 Å². The van der Waals surface area contributed by atoms with Crippen LogP contribution in [0.4, 0.5) is 23.0 Å². The van der Waals surface area contributed by atoms with Crippen LogP contribution in [0, 0.1) is 6.92 Å². The van der Waals surface area contributed by atoms with Crippen LogP contribution >= 0.6 is 11.6 Å². The van der Waals surface area contributed by atoms with Crippen LogP contribution in [0.2, 0.25) is 5.02 Å². The van der Waals surface area contributed by atoms with Crippen LogP contribution in [0.15, 0.2) is 47.4 Å². The van der Waals surface area contributed by atoms with Crippen LogP contribution in [0.5, 0.6) is 5.75 Å². The SMILES string of the molecule is COc1c(Cl)cccc1Nc1cc(Nc2ccc(C)cn2)nc2[nH]n(C)c(=O)c12. The third-order valence-corrected chi connectivity index (χ3v) is 4.72. The Balaban J connectivity index is 1.82. The van der Waals surface area contributed by atoms with E-state index in [-0.39, 0.29) is 5.56 Å². The lowest BCUT2D eigenvalue weighted by Gasteiger charge is -2.14. The predicted octanol–water partition coefficient (Wildman–Crippen LogP) is 4.11. The van der Waals surface area contributed by atoms with Gasteiger partial charge in [0.25, 0.3) is 5.56 Å². The van der Waals surface area contributed by atoms with Gasteiger partial charge in [-0.3, -0.25) is 14.6 Å². The summed E-state index contributed by atoms with van der Waals surface area (Å²) in [7, 11) is 3.18. The molecule has 29 heavy (non-hydrogen) atoms. The standard InChI is InChI=1S/C20H19ClN6O2/c1-11-7-8-15(22-10-11)24-16-9-14(17-19(25-16)26-27(2)20(17)28)23-13-6-4-5-12(21)18(13)29-3/h4-10H,1-3H3,(H3,22,23,24,25,26). The maximum Gasteiger partial charge on any atom is 0.277 e. The molecule has 3 aromatic heterocycles. The summed E-state index contributed by atoms with van der Waals surface area (Å²) >= 11 is 6.23. The zero-order chi connectivity index (χ0) is 20.5. The lowest BCUT2D eigenvalue weighted by Crippen LogP contribution is -2.12. The van der Waals surface area contributed by atoms with E-state index in [1.165, 1.54) is 4.68 Å². The van der Waals surface area contributed by atoms with Gasteiger partial charge in [-0.25, -0.2) is 9.97 Å². The molecular weight excluding hydrogens is 392 g/mol. The first-order valence-corrected chi connectivity index (χ1v) is 9.23. The minimum atomic E-state index is -0.198. The first-order chi connectivity index (χ1) is 14.0. The first-order valence-electron chi connectivity index (χ1n) is 8.85. The van der Waals surface area contributed by atoms with Crippen molar-refractivity contribution < 1.29 is 4.74 Å². The van der Waals surface area contributed by atoms with E-state index in [1.54, 1.807) is 38.6 Å². The van der Waals surface area contributed by atoms with E-state index in [0.717, 1.165) is 5.56 Å². The fraction of sp³-hybridized carbons (Fsp3) is 0.150. The van der Waals surface area contributed by atoms with E-state index in [1.807, 2.05) is 25.1 Å². The number of fused-ring (bicyclic) bond motifs is 1. The highest BCUT2D eigenvalue weighted by atomic mass is 35.5. The largest absolute Gasteiger partial charge is 0.493 e. The number of pyridine rings is 2. The second-order valence-electron chi connectivity index (χ2n) is 6.55. The van der Waals surface area contributed by atoms with Gasteiger partial charge in [0, 0.05) is 19.3 Å². The molecule has 0 aliphatic carbocycles. The highest BCUT2D eigenvalue weighted by Gasteiger charge is 2.16. The number of aromatic amines is 1. The maximum absolute atomic E-state index is 12.6. The van der Waals surface area contributed by atoms with Crippen molar-refractivity contribution in [2.75, 3.05) is 17.7 Å². The molecule has 0 unspecified atom stereocenters. The second-order valence-corrected chi connectivity index (χ2v) is 6.95. The Labute approximate surface area is 171 Å². The Kier molecular flexibility index (Phi) is 4.85. The summed E-state index contributed by atoms with van der Waals surface area (Å²) in [5.74, 6) is 1.66. The fourth-order valence-electron chi connectivity index (χ4n) is 3.02. The molecule has 0 bridgehead atoms. The molecule has 148 valence electrons. The molecule has 9 heteroatoms. The summed E-state index contributed by atoms with van der Waals surface area (Å²) in [6.45, 7) is 1.97. The number of nitrogens with one attached hydrogen (secondary N) is 3. The van der Waals surface area contributed by atoms with Crippen LogP contribution < -0.4 is 20.9 Å². The van der Waals surface area contributed by atoms with Gasteiger partial charge in [0.15, 0.2) is 11.4 Å². The number of aryl methyl sites for hydroxylation is 2. The van der Waals surface area contributed by atoms with Crippen LogP contribution in [0.25, 0.3) is 11.0 Å². The smallest absolute Gasteiger partial charge is 0.277 e. The molecule has 0 fully saturated rings. The van der Waals surface area contributed by atoms with Gasteiger partial charge < -0.3 is 15.4 Å². The van der Waals surface area contributed by atoms with Crippen molar-refractivity contribution in [2.45, 2.75) is 6.92 Å². The zero-order valence-electron chi connectivity index (χ0n) is 16.1. The van der Waals surface area contributed by atoms with Crippen LogP contribution in [-0.4, -0.2) is 26.9 Å². The number of methoxy groups -OCH3 is 1. The molecule has 0 saturated carbocycles. The number of hydrogen-bond acceptors (Lipinski definition) is 6.